The van der Waals surface area contributed by atoms with Gasteiger partial charge in [-0.25, -0.2) is 4.79 Å². The smallest absolute Gasteiger partial charge is 0.346 e. The van der Waals surface area contributed by atoms with Crippen molar-refractivity contribution < 1.29 is 14.6 Å². The number of ether oxygens (including phenoxy) is 1. The Hall–Kier alpha value is -2.80. The lowest BCUT2D eigenvalue weighted by Crippen LogP contribution is -1.96. The molecule has 0 radical (unpaired) electrons. The van der Waals surface area contributed by atoms with Crippen molar-refractivity contribution in [3.05, 3.63) is 59.7 Å². The fourth-order valence-electron chi connectivity index (χ4n) is 1.43. The average Bonchev–Trinajstić information content (AvgIpc) is 2.49. The first-order valence-electron chi connectivity index (χ1n) is 6.58. The topological polar surface area (TPSA) is 70.3 Å². The molecule has 1 rings (SSSR count). The van der Waals surface area contributed by atoms with Crippen LogP contribution in [0.15, 0.2) is 54.1 Å². The van der Waals surface area contributed by atoms with Crippen molar-refractivity contribution >= 4 is 12.0 Å². The highest BCUT2D eigenvalue weighted by molar-refractivity contribution is 5.91. The lowest BCUT2D eigenvalue weighted by atomic mass is 10.2. The van der Waals surface area contributed by atoms with Gasteiger partial charge in [0.25, 0.3) is 0 Å². The van der Waals surface area contributed by atoms with Gasteiger partial charge in [0, 0.05) is 0 Å². The average molecular weight is 283 g/mol. The summed E-state index contributed by atoms with van der Waals surface area (Å²) in [6, 6.07) is 9.27. The Bertz CT molecular complexity index is 589. The molecule has 21 heavy (non-hydrogen) atoms. The highest BCUT2D eigenvalue weighted by Gasteiger charge is 2.01. The lowest BCUT2D eigenvalue weighted by molar-refractivity contribution is -0.132. The molecule has 1 N–H and O–H groups in total. The van der Waals surface area contributed by atoms with Crippen molar-refractivity contribution in [1.82, 2.24) is 0 Å². The van der Waals surface area contributed by atoms with Gasteiger partial charge in [0.1, 0.15) is 17.4 Å². The number of hydrogen-bond acceptors (Lipinski definition) is 3. The number of hydrogen-bond donors (Lipinski definition) is 1. The van der Waals surface area contributed by atoms with Crippen molar-refractivity contribution in [2.45, 2.75) is 13.3 Å². The molecule has 4 heteroatoms. The predicted molar refractivity (Wildman–Crippen MR) is 81.7 cm³/mol. The highest BCUT2D eigenvalue weighted by Crippen LogP contribution is 2.13. The maximum atomic E-state index is 10.6. The SMILES string of the molecule is CCCOc1ccc(/C=C/C=C/C=C(\C#N)C(=O)O)cc1. The van der Waals surface area contributed by atoms with Crippen LogP contribution in [0.4, 0.5) is 0 Å². The lowest BCUT2D eigenvalue weighted by Gasteiger charge is -2.03. The largest absolute Gasteiger partial charge is 0.494 e. The number of nitrogens with zero attached hydrogens (tertiary/aromatic N) is 1. The number of carbonyl (C=O) groups is 1. The number of benzene rings is 1. The summed E-state index contributed by atoms with van der Waals surface area (Å²) in [4.78, 5) is 10.6. The molecule has 4 nitrogen and oxygen atoms in total. The van der Waals surface area contributed by atoms with Crippen molar-refractivity contribution in [3.8, 4) is 11.8 Å². The minimum Gasteiger partial charge on any atom is -0.494 e. The molecule has 0 amide bonds. The van der Waals surface area contributed by atoms with Crippen LogP contribution >= 0.6 is 0 Å². The van der Waals surface area contributed by atoms with Crippen molar-refractivity contribution in [1.29, 1.82) is 5.26 Å². The van der Waals surface area contributed by atoms with E-state index in [1.54, 1.807) is 18.2 Å². The normalized spacial score (nSPS) is 11.7. The summed E-state index contributed by atoms with van der Waals surface area (Å²) in [5, 5.41) is 17.2. The molecule has 0 aliphatic carbocycles. The van der Waals surface area contributed by atoms with E-state index >= 15 is 0 Å². The number of rotatable bonds is 7. The van der Waals surface area contributed by atoms with Crippen LogP contribution in [0.3, 0.4) is 0 Å². The summed E-state index contributed by atoms with van der Waals surface area (Å²) < 4.78 is 5.48. The van der Waals surface area contributed by atoms with Crippen LogP contribution in [-0.4, -0.2) is 17.7 Å². The van der Waals surface area contributed by atoms with E-state index in [9.17, 15) is 4.79 Å². The molecular formula is C17H17NO3. The first-order valence-corrected chi connectivity index (χ1v) is 6.58. The van der Waals surface area contributed by atoms with Crippen LogP contribution in [-0.2, 0) is 4.79 Å². The molecular weight excluding hydrogens is 266 g/mol. The Balaban J connectivity index is 2.57. The van der Waals surface area contributed by atoms with Crippen LogP contribution in [0.25, 0.3) is 6.08 Å². The number of aliphatic carboxylic acids is 1. The van der Waals surface area contributed by atoms with Gasteiger partial charge in [0.15, 0.2) is 0 Å². The van der Waals surface area contributed by atoms with Gasteiger partial charge in [0.2, 0.25) is 0 Å². The van der Waals surface area contributed by atoms with Gasteiger partial charge >= 0.3 is 5.97 Å². The second-order valence-electron chi connectivity index (χ2n) is 4.16. The van der Waals surface area contributed by atoms with Crippen molar-refractivity contribution in [3.63, 3.8) is 0 Å². The van der Waals surface area contributed by atoms with Crippen LogP contribution in [0.5, 0.6) is 5.75 Å². The molecule has 1 aromatic carbocycles. The molecule has 0 saturated heterocycles. The first kappa shape index (κ1) is 16.3. The molecule has 0 fully saturated rings. The Morgan fingerprint density at radius 1 is 1.29 bits per heavy atom. The van der Waals surface area contributed by atoms with Gasteiger partial charge < -0.3 is 9.84 Å². The molecule has 0 atom stereocenters. The zero-order chi connectivity index (χ0) is 15.5. The van der Waals surface area contributed by atoms with Gasteiger partial charge in [-0.3, -0.25) is 0 Å². The Labute approximate surface area is 124 Å². The van der Waals surface area contributed by atoms with E-state index in [4.69, 9.17) is 15.1 Å². The fraction of sp³-hybridized carbons (Fsp3) is 0.176. The van der Waals surface area contributed by atoms with Gasteiger partial charge in [-0.1, -0.05) is 43.4 Å². The third kappa shape index (κ3) is 6.26. The van der Waals surface area contributed by atoms with E-state index in [2.05, 4.69) is 6.92 Å². The van der Waals surface area contributed by atoms with Gasteiger partial charge in [-0.15, -0.1) is 0 Å². The number of carboxylic acid groups (broad SMARTS) is 1. The molecule has 0 unspecified atom stereocenters. The Kier molecular flexibility index (Phi) is 7.09. The van der Waals surface area contributed by atoms with E-state index in [1.165, 1.54) is 12.2 Å². The van der Waals surface area contributed by atoms with Crippen LogP contribution in [0.2, 0.25) is 0 Å². The van der Waals surface area contributed by atoms with Gasteiger partial charge in [-0.2, -0.15) is 5.26 Å². The Morgan fingerprint density at radius 2 is 2.00 bits per heavy atom. The number of carboxylic acids is 1. The summed E-state index contributed by atoms with van der Waals surface area (Å²) in [6.07, 6.45) is 9.06. The predicted octanol–water partition coefficient (Wildman–Crippen LogP) is 3.58. The van der Waals surface area contributed by atoms with Crippen LogP contribution < -0.4 is 4.74 Å². The minimum atomic E-state index is -1.23. The Morgan fingerprint density at radius 3 is 2.57 bits per heavy atom. The summed E-state index contributed by atoms with van der Waals surface area (Å²) in [6.45, 7) is 2.76. The highest BCUT2D eigenvalue weighted by atomic mass is 16.5. The van der Waals surface area contributed by atoms with Crippen LogP contribution in [0, 0.1) is 11.3 Å². The quantitative estimate of drug-likeness (QED) is 0.471. The first-order chi connectivity index (χ1) is 10.2. The summed E-state index contributed by atoms with van der Waals surface area (Å²) in [5.74, 6) is -0.388. The van der Waals surface area contributed by atoms with Crippen molar-refractivity contribution in [2.75, 3.05) is 6.61 Å². The van der Waals surface area contributed by atoms with Gasteiger partial charge in [0.05, 0.1) is 6.61 Å². The van der Waals surface area contributed by atoms with Gasteiger partial charge in [-0.05, 0) is 30.2 Å². The van der Waals surface area contributed by atoms with E-state index in [0.29, 0.717) is 6.61 Å². The fourth-order valence-corrected chi connectivity index (χ4v) is 1.43. The third-order valence-corrected chi connectivity index (χ3v) is 2.48. The van der Waals surface area contributed by atoms with E-state index in [-0.39, 0.29) is 5.57 Å². The van der Waals surface area contributed by atoms with E-state index in [1.807, 2.05) is 30.3 Å². The molecule has 0 aromatic heterocycles. The molecule has 0 bridgehead atoms. The van der Waals surface area contributed by atoms with Crippen molar-refractivity contribution in [2.24, 2.45) is 0 Å². The second-order valence-corrected chi connectivity index (χ2v) is 4.16. The van der Waals surface area contributed by atoms with E-state index < -0.39 is 5.97 Å². The van der Waals surface area contributed by atoms with Crippen LogP contribution in [0.1, 0.15) is 18.9 Å². The summed E-state index contributed by atoms with van der Waals surface area (Å²) >= 11 is 0. The standard InChI is InChI=1S/C17H17NO3/c1-2-12-21-16-10-8-14(9-11-16)6-4-3-5-7-15(13-18)17(19)20/h3-11H,2,12H2,1H3,(H,19,20)/b5-3+,6-4+,15-7+. The maximum Gasteiger partial charge on any atom is 0.346 e. The van der Waals surface area contributed by atoms with E-state index in [0.717, 1.165) is 17.7 Å². The molecule has 0 heterocycles. The monoisotopic (exact) mass is 283 g/mol. The summed E-state index contributed by atoms with van der Waals surface area (Å²) in [5.41, 5.74) is 0.711. The molecule has 1 aromatic rings. The molecule has 0 aliphatic heterocycles. The summed E-state index contributed by atoms with van der Waals surface area (Å²) in [7, 11) is 0. The zero-order valence-corrected chi connectivity index (χ0v) is 11.8. The minimum absolute atomic E-state index is 0.294. The molecule has 0 spiro atoms. The second kappa shape index (κ2) is 9.16. The number of allylic oxidation sites excluding steroid dienone is 4. The molecule has 108 valence electrons. The maximum absolute atomic E-state index is 10.6. The molecule has 0 aliphatic rings. The third-order valence-electron chi connectivity index (χ3n) is 2.48. The molecule has 0 saturated carbocycles. The number of nitriles is 1. The zero-order valence-electron chi connectivity index (χ0n) is 11.8.